The van der Waals surface area contributed by atoms with E-state index in [0.717, 1.165) is 0 Å². The molecule has 8 nitrogen and oxygen atoms in total. The molecule has 3 rings (SSSR count). The number of ether oxygens (including phenoxy) is 1. The molecule has 1 N–H and O–H groups in total. The third-order valence-electron chi connectivity index (χ3n) is 3.23. The van der Waals surface area contributed by atoms with Gasteiger partial charge in [-0.1, -0.05) is 12.1 Å². The van der Waals surface area contributed by atoms with Crippen molar-refractivity contribution in [3.8, 4) is 5.75 Å². The molecule has 0 aliphatic rings. The molecule has 24 heavy (non-hydrogen) atoms. The van der Waals surface area contributed by atoms with Gasteiger partial charge in [0.1, 0.15) is 12.4 Å². The monoisotopic (exact) mass is 347 g/mol. The van der Waals surface area contributed by atoms with E-state index in [0.29, 0.717) is 24.6 Å². The number of para-hydroxylation sites is 2. The predicted octanol–water partition coefficient (Wildman–Crippen LogP) is 1.50. The van der Waals surface area contributed by atoms with Gasteiger partial charge in [0, 0.05) is 25.6 Å². The van der Waals surface area contributed by atoms with Crippen LogP contribution in [0.15, 0.2) is 60.3 Å². The molecule has 0 aliphatic heterocycles. The number of aryl methyl sites for hydroxylation is 1. The predicted molar refractivity (Wildman–Crippen MR) is 88.2 cm³/mol. The van der Waals surface area contributed by atoms with Crippen LogP contribution in [-0.4, -0.2) is 34.4 Å². The van der Waals surface area contributed by atoms with Crippen molar-refractivity contribution in [2.45, 2.75) is 11.6 Å². The second-order valence-electron chi connectivity index (χ2n) is 5.10. The molecular formula is C15H17N5O3S. The van der Waals surface area contributed by atoms with Crippen LogP contribution in [0.2, 0.25) is 0 Å². The number of rotatable bonds is 7. The van der Waals surface area contributed by atoms with Crippen molar-refractivity contribution < 1.29 is 13.2 Å². The lowest BCUT2D eigenvalue weighted by Gasteiger charge is -2.12. The number of hydrogen-bond acceptors (Lipinski definition) is 5. The molecule has 0 aliphatic carbocycles. The summed E-state index contributed by atoms with van der Waals surface area (Å²) in [6.07, 6.45) is 6.39. The van der Waals surface area contributed by atoms with E-state index in [4.69, 9.17) is 4.74 Å². The van der Waals surface area contributed by atoms with Crippen LogP contribution < -0.4 is 9.46 Å². The quantitative estimate of drug-likeness (QED) is 0.699. The summed E-state index contributed by atoms with van der Waals surface area (Å²) in [6, 6.07) is 8.69. The molecule has 0 atom stereocenters. The van der Waals surface area contributed by atoms with Gasteiger partial charge < -0.3 is 9.30 Å². The number of sulfonamides is 1. The fraction of sp³-hybridized carbons (Fsp3) is 0.200. The van der Waals surface area contributed by atoms with Crippen LogP contribution in [0.25, 0.3) is 0 Å². The van der Waals surface area contributed by atoms with Crippen molar-refractivity contribution >= 4 is 15.7 Å². The van der Waals surface area contributed by atoms with Gasteiger partial charge in [0.25, 0.3) is 10.0 Å². The SMILES string of the molecule is Cn1cnc(S(=O)(=O)Nc2ccccc2OCCn2cccn2)c1. The van der Waals surface area contributed by atoms with E-state index in [1.165, 1.54) is 12.5 Å². The van der Waals surface area contributed by atoms with Gasteiger partial charge in [-0.2, -0.15) is 13.5 Å². The highest BCUT2D eigenvalue weighted by molar-refractivity contribution is 7.92. The minimum absolute atomic E-state index is 0.0451. The highest BCUT2D eigenvalue weighted by Crippen LogP contribution is 2.26. The Labute approximate surface area is 139 Å². The Morgan fingerprint density at radius 3 is 2.79 bits per heavy atom. The Morgan fingerprint density at radius 1 is 1.25 bits per heavy atom. The summed E-state index contributed by atoms with van der Waals surface area (Å²) in [5, 5.41) is 4.04. The Bertz CT molecular complexity index is 903. The maximum absolute atomic E-state index is 12.4. The van der Waals surface area contributed by atoms with E-state index in [9.17, 15) is 8.42 Å². The molecule has 0 saturated heterocycles. The standard InChI is InChI=1S/C15H17N5O3S/c1-19-11-15(16-12-19)24(21,22)18-13-5-2-3-6-14(13)23-10-9-20-8-4-7-17-20/h2-8,11-12,18H,9-10H2,1H3. The van der Waals surface area contributed by atoms with Gasteiger partial charge in [-0.05, 0) is 18.2 Å². The van der Waals surface area contributed by atoms with E-state index in [1.807, 2.05) is 12.3 Å². The van der Waals surface area contributed by atoms with E-state index in [2.05, 4.69) is 14.8 Å². The smallest absolute Gasteiger partial charge is 0.281 e. The molecule has 0 fully saturated rings. The number of aromatic nitrogens is 4. The first kappa shape index (κ1) is 16.1. The number of imidazole rings is 1. The highest BCUT2D eigenvalue weighted by Gasteiger charge is 2.19. The van der Waals surface area contributed by atoms with Crippen molar-refractivity contribution in [3.05, 3.63) is 55.2 Å². The maximum atomic E-state index is 12.4. The largest absolute Gasteiger partial charge is 0.489 e. The van der Waals surface area contributed by atoms with Crippen LogP contribution in [0.4, 0.5) is 5.69 Å². The molecule has 9 heteroatoms. The molecule has 1 aromatic carbocycles. The van der Waals surface area contributed by atoms with Crippen molar-refractivity contribution in [1.29, 1.82) is 0 Å². The highest BCUT2D eigenvalue weighted by atomic mass is 32.2. The second-order valence-corrected chi connectivity index (χ2v) is 6.73. The average molecular weight is 347 g/mol. The number of nitrogens with one attached hydrogen (secondary N) is 1. The van der Waals surface area contributed by atoms with Gasteiger partial charge in [-0.25, -0.2) is 4.98 Å². The van der Waals surface area contributed by atoms with Crippen LogP contribution in [0, 0.1) is 0 Å². The Kier molecular flexibility index (Phi) is 4.52. The number of nitrogens with zero attached hydrogens (tertiary/aromatic N) is 4. The summed E-state index contributed by atoms with van der Waals surface area (Å²) in [5.74, 6) is 0.448. The van der Waals surface area contributed by atoms with Gasteiger partial charge in [0.2, 0.25) is 0 Å². The van der Waals surface area contributed by atoms with Gasteiger partial charge in [0.15, 0.2) is 5.03 Å². The molecule has 0 radical (unpaired) electrons. The number of benzene rings is 1. The Balaban J connectivity index is 1.71. The van der Waals surface area contributed by atoms with Crippen LogP contribution in [0.3, 0.4) is 0 Å². The molecule has 0 bridgehead atoms. The van der Waals surface area contributed by atoms with Gasteiger partial charge >= 0.3 is 0 Å². The van der Waals surface area contributed by atoms with Crippen LogP contribution in [0.5, 0.6) is 5.75 Å². The lowest BCUT2D eigenvalue weighted by atomic mass is 10.3. The lowest BCUT2D eigenvalue weighted by molar-refractivity contribution is 0.292. The summed E-state index contributed by atoms with van der Waals surface area (Å²) in [6.45, 7) is 0.929. The average Bonchev–Trinajstić information content (AvgIpc) is 3.20. The Morgan fingerprint density at radius 2 is 2.08 bits per heavy atom. The van der Waals surface area contributed by atoms with Crippen LogP contribution in [-0.2, 0) is 23.6 Å². The van der Waals surface area contributed by atoms with Crippen molar-refractivity contribution in [2.24, 2.45) is 7.05 Å². The molecule has 0 amide bonds. The molecule has 0 saturated carbocycles. The summed E-state index contributed by atoms with van der Waals surface area (Å²) >= 11 is 0. The zero-order chi connectivity index (χ0) is 17.0. The topological polar surface area (TPSA) is 91.0 Å². The van der Waals surface area contributed by atoms with E-state index in [1.54, 1.807) is 46.8 Å². The number of hydrogen-bond donors (Lipinski definition) is 1. The molecule has 126 valence electrons. The minimum atomic E-state index is -3.76. The summed E-state index contributed by atoms with van der Waals surface area (Å²) in [5.41, 5.74) is 0.364. The number of anilines is 1. The zero-order valence-corrected chi connectivity index (χ0v) is 13.8. The van der Waals surface area contributed by atoms with E-state index in [-0.39, 0.29) is 5.03 Å². The first-order valence-corrected chi connectivity index (χ1v) is 8.73. The molecule has 3 aromatic rings. The third-order valence-corrected chi connectivity index (χ3v) is 4.48. The lowest BCUT2D eigenvalue weighted by Crippen LogP contribution is -2.15. The van der Waals surface area contributed by atoms with Gasteiger partial charge in [-0.15, -0.1) is 0 Å². The molecular weight excluding hydrogens is 330 g/mol. The summed E-state index contributed by atoms with van der Waals surface area (Å²) in [4.78, 5) is 3.87. The van der Waals surface area contributed by atoms with Gasteiger partial charge in [0.05, 0.1) is 18.6 Å². The molecule has 0 spiro atoms. The molecule has 0 unspecified atom stereocenters. The maximum Gasteiger partial charge on any atom is 0.281 e. The Hall–Kier alpha value is -2.81. The van der Waals surface area contributed by atoms with Crippen LogP contribution >= 0.6 is 0 Å². The minimum Gasteiger partial charge on any atom is -0.489 e. The van der Waals surface area contributed by atoms with Crippen molar-refractivity contribution in [2.75, 3.05) is 11.3 Å². The zero-order valence-electron chi connectivity index (χ0n) is 13.0. The fourth-order valence-electron chi connectivity index (χ4n) is 2.08. The summed E-state index contributed by atoms with van der Waals surface area (Å²) < 4.78 is 36.2. The second kappa shape index (κ2) is 6.75. The molecule has 2 heterocycles. The van der Waals surface area contributed by atoms with Crippen LogP contribution in [0.1, 0.15) is 0 Å². The van der Waals surface area contributed by atoms with Gasteiger partial charge in [-0.3, -0.25) is 9.40 Å². The fourth-order valence-corrected chi connectivity index (χ4v) is 3.14. The first-order chi connectivity index (χ1) is 11.5. The van der Waals surface area contributed by atoms with Crippen molar-refractivity contribution in [3.63, 3.8) is 0 Å². The normalized spacial score (nSPS) is 11.4. The molecule has 2 aromatic heterocycles. The van der Waals surface area contributed by atoms with Crippen molar-refractivity contribution in [1.82, 2.24) is 19.3 Å². The van der Waals surface area contributed by atoms with E-state index >= 15 is 0 Å². The summed E-state index contributed by atoms with van der Waals surface area (Å²) in [7, 11) is -2.06. The first-order valence-electron chi connectivity index (χ1n) is 7.25. The third kappa shape index (κ3) is 3.74. The van der Waals surface area contributed by atoms with E-state index < -0.39 is 10.0 Å².